The molecule has 2 rings (SSSR count). The highest BCUT2D eigenvalue weighted by Gasteiger charge is 2.26. The van der Waals surface area contributed by atoms with E-state index in [0.717, 1.165) is 32.5 Å². The molecule has 0 bridgehead atoms. The highest BCUT2D eigenvalue weighted by Crippen LogP contribution is 2.24. The van der Waals surface area contributed by atoms with Gasteiger partial charge in [0.05, 0.1) is 11.3 Å². The van der Waals surface area contributed by atoms with E-state index in [2.05, 4.69) is 10.6 Å². The SMILES string of the molecule is CNCC1CCN(C(=O)c2ccccc2NC(=O)C(C)(C)C)CC1. The minimum absolute atomic E-state index is 0.00252. The van der Waals surface area contributed by atoms with Gasteiger partial charge in [0, 0.05) is 18.5 Å². The zero-order chi connectivity index (χ0) is 17.7. The summed E-state index contributed by atoms with van der Waals surface area (Å²) in [5.41, 5.74) is 0.670. The summed E-state index contributed by atoms with van der Waals surface area (Å²) in [4.78, 5) is 27.0. The molecule has 5 nitrogen and oxygen atoms in total. The summed E-state index contributed by atoms with van der Waals surface area (Å²) in [7, 11) is 1.96. The Morgan fingerprint density at radius 3 is 2.38 bits per heavy atom. The van der Waals surface area contributed by atoms with E-state index in [1.165, 1.54) is 0 Å². The molecule has 1 saturated heterocycles. The van der Waals surface area contributed by atoms with Crippen molar-refractivity contribution in [2.45, 2.75) is 33.6 Å². The summed E-state index contributed by atoms with van der Waals surface area (Å²) in [6.45, 7) is 8.12. The fraction of sp³-hybridized carbons (Fsp3) is 0.579. The number of benzene rings is 1. The molecule has 2 N–H and O–H groups in total. The number of carbonyl (C=O) groups is 2. The monoisotopic (exact) mass is 331 g/mol. The second kappa shape index (κ2) is 7.79. The molecule has 0 atom stereocenters. The highest BCUT2D eigenvalue weighted by atomic mass is 16.2. The average Bonchev–Trinajstić information content (AvgIpc) is 2.55. The summed E-state index contributed by atoms with van der Waals surface area (Å²) in [6.07, 6.45) is 2.03. The van der Waals surface area contributed by atoms with Gasteiger partial charge in [0.2, 0.25) is 5.91 Å². The number of likely N-dealkylation sites (tertiary alicyclic amines) is 1. The number of nitrogens with one attached hydrogen (secondary N) is 2. The van der Waals surface area contributed by atoms with Gasteiger partial charge < -0.3 is 15.5 Å². The van der Waals surface area contributed by atoms with Crippen molar-refractivity contribution in [1.82, 2.24) is 10.2 Å². The first-order valence-corrected chi connectivity index (χ1v) is 8.67. The van der Waals surface area contributed by atoms with Crippen molar-refractivity contribution in [2.75, 3.05) is 32.0 Å². The van der Waals surface area contributed by atoms with Gasteiger partial charge in [0.25, 0.3) is 5.91 Å². The maximum atomic E-state index is 12.9. The number of nitrogens with zero attached hydrogens (tertiary/aromatic N) is 1. The molecule has 0 aromatic heterocycles. The number of anilines is 1. The van der Waals surface area contributed by atoms with E-state index in [1.807, 2.05) is 44.9 Å². The van der Waals surface area contributed by atoms with E-state index >= 15 is 0 Å². The minimum Gasteiger partial charge on any atom is -0.339 e. The van der Waals surface area contributed by atoms with E-state index < -0.39 is 5.41 Å². The molecule has 1 aliphatic heterocycles. The van der Waals surface area contributed by atoms with Crippen LogP contribution in [-0.4, -0.2) is 43.4 Å². The Kier molecular flexibility index (Phi) is 5.99. The van der Waals surface area contributed by atoms with Crippen molar-refractivity contribution in [3.8, 4) is 0 Å². The van der Waals surface area contributed by atoms with Crippen LogP contribution in [0.2, 0.25) is 0 Å². The normalized spacial score (nSPS) is 16.1. The topological polar surface area (TPSA) is 61.4 Å². The molecule has 1 aromatic carbocycles. The van der Waals surface area contributed by atoms with Gasteiger partial charge in [0.15, 0.2) is 0 Å². The summed E-state index contributed by atoms with van der Waals surface area (Å²) < 4.78 is 0. The maximum absolute atomic E-state index is 12.9. The lowest BCUT2D eigenvalue weighted by molar-refractivity contribution is -0.123. The summed E-state index contributed by atoms with van der Waals surface area (Å²) in [5.74, 6) is 0.549. The number of hydrogen-bond donors (Lipinski definition) is 2. The molecule has 1 heterocycles. The van der Waals surface area contributed by atoms with E-state index in [1.54, 1.807) is 12.1 Å². The first kappa shape index (κ1) is 18.5. The molecular formula is C19H29N3O2. The Hall–Kier alpha value is -1.88. The van der Waals surface area contributed by atoms with Gasteiger partial charge in [-0.2, -0.15) is 0 Å². The molecule has 24 heavy (non-hydrogen) atoms. The van der Waals surface area contributed by atoms with Crippen LogP contribution in [0.4, 0.5) is 5.69 Å². The van der Waals surface area contributed by atoms with Crippen molar-refractivity contribution in [3.05, 3.63) is 29.8 Å². The van der Waals surface area contributed by atoms with Crippen molar-refractivity contribution in [3.63, 3.8) is 0 Å². The predicted octanol–water partition coefficient (Wildman–Crippen LogP) is 2.74. The van der Waals surface area contributed by atoms with Gasteiger partial charge in [-0.3, -0.25) is 9.59 Å². The van der Waals surface area contributed by atoms with E-state index in [0.29, 0.717) is 17.2 Å². The molecule has 1 aliphatic rings. The van der Waals surface area contributed by atoms with Gasteiger partial charge in [0.1, 0.15) is 0 Å². The largest absolute Gasteiger partial charge is 0.339 e. The lowest BCUT2D eigenvalue weighted by atomic mass is 9.95. The van der Waals surface area contributed by atoms with Gasteiger partial charge in [-0.05, 0) is 44.5 Å². The Bertz CT molecular complexity index is 585. The third-order valence-corrected chi connectivity index (χ3v) is 4.48. The minimum atomic E-state index is -0.498. The standard InChI is InChI=1S/C19H29N3O2/c1-19(2,3)18(24)21-16-8-6-5-7-15(16)17(23)22-11-9-14(10-12-22)13-20-4/h5-8,14,20H,9-13H2,1-4H3,(H,21,24). The fourth-order valence-electron chi connectivity index (χ4n) is 2.89. The van der Waals surface area contributed by atoms with Gasteiger partial charge in [-0.25, -0.2) is 0 Å². The van der Waals surface area contributed by atoms with Crippen molar-refractivity contribution in [1.29, 1.82) is 0 Å². The number of piperidine rings is 1. The van der Waals surface area contributed by atoms with Crippen LogP contribution >= 0.6 is 0 Å². The third kappa shape index (κ3) is 4.57. The fourth-order valence-corrected chi connectivity index (χ4v) is 2.89. The number of hydrogen-bond acceptors (Lipinski definition) is 3. The molecule has 0 unspecified atom stereocenters. The van der Waals surface area contributed by atoms with Crippen molar-refractivity contribution in [2.24, 2.45) is 11.3 Å². The van der Waals surface area contributed by atoms with E-state index in [4.69, 9.17) is 0 Å². The van der Waals surface area contributed by atoms with Gasteiger partial charge in [-0.15, -0.1) is 0 Å². The van der Waals surface area contributed by atoms with E-state index in [9.17, 15) is 9.59 Å². The van der Waals surface area contributed by atoms with Crippen LogP contribution < -0.4 is 10.6 Å². The van der Waals surface area contributed by atoms with Gasteiger partial charge in [-0.1, -0.05) is 32.9 Å². The first-order valence-electron chi connectivity index (χ1n) is 8.67. The molecule has 1 aromatic rings. The van der Waals surface area contributed by atoms with Crippen molar-refractivity contribution >= 4 is 17.5 Å². The first-order chi connectivity index (χ1) is 11.3. The lowest BCUT2D eigenvalue weighted by Crippen LogP contribution is -2.40. The second-order valence-corrected chi connectivity index (χ2v) is 7.54. The predicted molar refractivity (Wildman–Crippen MR) is 97.1 cm³/mol. The lowest BCUT2D eigenvalue weighted by Gasteiger charge is -2.32. The number of amides is 2. The molecular weight excluding hydrogens is 302 g/mol. The molecule has 5 heteroatoms. The summed E-state index contributed by atoms with van der Waals surface area (Å²) in [5, 5.41) is 6.11. The molecule has 0 spiro atoms. The zero-order valence-corrected chi connectivity index (χ0v) is 15.2. The molecule has 1 fully saturated rings. The molecule has 0 saturated carbocycles. The van der Waals surface area contributed by atoms with Crippen LogP contribution in [0.5, 0.6) is 0 Å². The average molecular weight is 331 g/mol. The molecule has 132 valence electrons. The Balaban J connectivity index is 2.09. The summed E-state index contributed by atoms with van der Waals surface area (Å²) in [6, 6.07) is 7.27. The van der Waals surface area contributed by atoms with Crippen LogP contribution in [0, 0.1) is 11.3 Å². The highest BCUT2D eigenvalue weighted by molar-refractivity contribution is 6.04. The number of para-hydroxylation sites is 1. The van der Waals surface area contributed by atoms with Gasteiger partial charge >= 0.3 is 0 Å². The van der Waals surface area contributed by atoms with Crippen LogP contribution in [0.1, 0.15) is 44.0 Å². The van der Waals surface area contributed by atoms with E-state index in [-0.39, 0.29) is 11.8 Å². The quantitative estimate of drug-likeness (QED) is 0.892. The molecule has 0 radical (unpaired) electrons. The van der Waals surface area contributed by atoms with Crippen LogP contribution in [0.25, 0.3) is 0 Å². The Labute approximate surface area is 144 Å². The zero-order valence-electron chi connectivity index (χ0n) is 15.2. The summed E-state index contributed by atoms with van der Waals surface area (Å²) >= 11 is 0. The number of carbonyl (C=O) groups excluding carboxylic acids is 2. The smallest absolute Gasteiger partial charge is 0.255 e. The van der Waals surface area contributed by atoms with Crippen LogP contribution in [0.3, 0.4) is 0 Å². The molecule has 0 aliphatic carbocycles. The number of rotatable bonds is 4. The molecule has 2 amide bonds. The Morgan fingerprint density at radius 2 is 1.79 bits per heavy atom. The third-order valence-electron chi connectivity index (χ3n) is 4.48. The van der Waals surface area contributed by atoms with Crippen LogP contribution in [0.15, 0.2) is 24.3 Å². The maximum Gasteiger partial charge on any atom is 0.255 e. The van der Waals surface area contributed by atoms with Crippen LogP contribution in [-0.2, 0) is 4.79 Å². The van der Waals surface area contributed by atoms with Crippen molar-refractivity contribution < 1.29 is 9.59 Å². The Morgan fingerprint density at radius 1 is 1.17 bits per heavy atom. The second-order valence-electron chi connectivity index (χ2n) is 7.54.